The molecule has 0 spiro atoms. The summed E-state index contributed by atoms with van der Waals surface area (Å²) in [7, 11) is 0. The maximum Gasteiger partial charge on any atom is 0.225 e. The molecule has 1 amide bonds. The van der Waals surface area contributed by atoms with Gasteiger partial charge in [0.15, 0.2) is 0 Å². The second-order valence-electron chi connectivity index (χ2n) is 8.10. The molecule has 2 saturated heterocycles. The van der Waals surface area contributed by atoms with Gasteiger partial charge in [0.25, 0.3) is 0 Å². The van der Waals surface area contributed by atoms with Crippen molar-refractivity contribution in [3.05, 3.63) is 36.5 Å². The molecule has 0 N–H and O–H groups in total. The van der Waals surface area contributed by atoms with Crippen LogP contribution >= 0.6 is 0 Å². The van der Waals surface area contributed by atoms with E-state index in [1.165, 1.54) is 11.1 Å². The summed E-state index contributed by atoms with van der Waals surface area (Å²) < 4.78 is 0. The van der Waals surface area contributed by atoms with E-state index >= 15 is 0 Å². The predicted molar refractivity (Wildman–Crippen MR) is 110 cm³/mol. The van der Waals surface area contributed by atoms with Crippen LogP contribution in [0.25, 0.3) is 10.9 Å². The summed E-state index contributed by atoms with van der Waals surface area (Å²) in [6.07, 6.45) is 3.74. The first-order valence-electron chi connectivity index (χ1n) is 10.2. The quantitative estimate of drug-likeness (QED) is 0.837. The molecule has 0 bridgehead atoms. The highest BCUT2D eigenvalue weighted by Crippen LogP contribution is 2.27. The van der Waals surface area contributed by atoms with E-state index in [1.54, 1.807) is 0 Å². The van der Waals surface area contributed by atoms with Crippen LogP contribution in [0.1, 0.15) is 26.7 Å². The molecule has 5 heteroatoms. The number of amides is 1. The number of rotatable bonds is 3. The van der Waals surface area contributed by atoms with Crippen molar-refractivity contribution < 1.29 is 4.79 Å². The first-order valence-corrected chi connectivity index (χ1v) is 10.2. The smallest absolute Gasteiger partial charge is 0.225 e. The lowest BCUT2D eigenvalue weighted by molar-refractivity contribution is -0.138. The van der Waals surface area contributed by atoms with Gasteiger partial charge in [-0.05, 0) is 51.0 Å². The van der Waals surface area contributed by atoms with E-state index in [1.807, 2.05) is 12.3 Å². The molecule has 3 heterocycles. The zero-order valence-corrected chi connectivity index (χ0v) is 16.5. The molecule has 1 aromatic heterocycles. The number of carbonyl (C=O) groups is 1. The van der Waals surface area contributed by atoms with Crippen molar-refractivity contribution in [1.29, 1.82) is 0 Å². The molecule has 2 aliphatic heterocycles. The monoisotopic (exact) mass is 366 g/mol. The number of pyridine rings is 1. The topological polar surface area (TPSA) is 39.7 Å². The van der Waals surface area contributed by atoms with Crippen LogP contribution in [0.15, 0.2) is 36.5 Å². The number of hydrogen-bond donors (Lipinski definition) is 0. The van der Waals surface area contributed by atoms with Crippen LogP contribution in [0.5, 0.6) is 0 Å². The number of aromatic nitrogens is 1. The van der Waals surface area contributed by atoms with Crippen molar-refractivity contribution in [3.8, 4) is 0 Å². The van der Waals surface area contributed by atoms with E-state index in [4.69, 9.17) is 0 Å². The van der Waals surface area contributed by atoms with Crippen molar-refractivity contribution in [2.75, 3.05) is 44.2 Å². The van der Waals surface area contributed by atoms with E-state index in [-0.39, 0.29) is 5.92 Å². The molecule has 4 rings (SSSR count). The summed E-state index contributed by atoms with van der Waals surface area (Å²) in [6.45, 7) is 10.2. The molecule has 0 saturated carbocycles. The fourth-order valence-electron chi connectivity index (χ4n) is 4.36. The third-order valence-corrected chi connectivity index (χ3v) is 6.15. The van der Waals surface area contributed by atoms with Gasteiger partial charge in [-0.25, -0.2) is 0 Å². The van der Waals surface area contributed by atoms with Gasteiger partial charge in [-0.3, -0.25) is 14.7 Å². The van der Waals surface area contributed by atoms with Gasteiger partial charge in [-0.1, -0.05) is 6.07 Å². The Hall–Kier alpha value is -2.14. The average Bonchev–Trinajstić information content (AvgIpc) is 2.73. The van der Waals surface area contributed by atoms with E-state index in [2.05, 4.69) is 57.8 Å². The molecule has 0 unspecified atom stereocenters. The van der Waals surface area contributed by atoms with Crippen LogP contribution < -0.4 is 4.90 Å². The van der Waals surface area contributed by atoms with E-state index in [0.717, 1.165) is 57.6 Å². The Bertz CT molecular complexity index is 790. The normalized spacial score (nSPS) is 19.8. The van der Waals surface area contributed by atoms with Gasteiger partial charge in [-0.2, -0.15) is 0 Å². The molecule has 0 radical (unpaired) electrons. The summed E-state index contributed by atoms with van der Waals surface area (Å²) in [5.41, 5.74) is 2.28. The Labute approximate surface area is 162 Å². The molecule has 2 fully saturated rings. The molecule has 144 valence electrons. The minimum absolute atomic E-state index is 0.189. The number of benzene rings is 1. The van der Waals surface area contributed by atoms with Crippen LogP contribution in [0, 0.1) is 5.92 Å². The number of fused-ring (bicyclic) bond motifs is 1. The molecule has 5 nitrogen and oxygen atoms in total. The Morgan fingerprint density at radius 3 is 2.48 bits per heavy atom. The number of piperidine rings is 1. The van der Waals surface area contributed by atoms with Gasteiger partial charge < -0.3 is 9.80 Å². The number of nitrogens with zero attached hydrogens (tertiary/aromatic N) is 4. The molecular formula is C22H30N4O. The lowest BCUT2D eigenvalue weighted by Gasteiger charge is -2.40. The second kappa shape index (κ2) is 7.85. The molecule has 2 aliphatic rings. The molecule has 0 aliphatic carbocycles. The zero-order chi connectivity index (χ0) is 18.8. The maximum absolute atomic E-state index is 12.9. The minimum Gasteiger partial charge on any atom is -0.371 e. The number of anilines is 1. The van der Waals surface area contributed by atoms with Crippen LogP contribution in [0.3, 0.4) is 0 Å². The molecular weight excluding hydrogens is 336 g/mol. The Kier molecular flexibility index (Phi) is 5.30. The van der Waals surface area contributed by atoms with E-state index in [0.29, 0.717) is 11.9 Å². The van der Waals surface area contributed by atoms with Gasteiger partial charge in [0.05, 0.1) is 5.52 Å². The van der Waals surface area contributed by atoms with Crippen LogP contribution in [-0.2, 0) is 4.79 Å². The first-order chi connectivity index (χ1) is 13.1. The minimum atomic E-state index is 0.189. The summed E-state index contributed by atoms with van der Waals surface area (Å²) in [5, 5.41) is 1.18. The van der Waals surface area contributed by atoms with Gasteiger partial charge in [0.1, 0.15) is 0 Å². The summed E-state index contributed by atoms with van der Waals surface area (Å²) in [4.78, 5) is 24.3. The average molecular weight is 367 g/mol. The summed E-state index contributed by atoms with van der Waals surface area (Å²) in [6, 6.07) is 11.1. The zero-order valence-electron chi connectivity index (χ0n) is 16.5. The van der Waals surface area contributed by atoms with Gasteiger partial charge >= 0.3 is 0 Å². The molecule has 0 atom stereocenters. The lowest BCUT2D eigenvalue weighted by atomic mass is 9.94. The standard InChI is InChI=1S/C22H30N4O/c1-17(2)24-12-14-26(15-13-24)22(27)18-7-10-25(11-8-18)20-5-6-21-19(16-20)4-3-9-23-21/h3-6,9,16-18H,7-8,10-15H2,1-2H3. The highest BCUT2D eigenvalue weighted by Gasteiger charge is 2.30. The lowest BCUT2D eigenvalue weighted by Crippen LogP contribution is -2.53. The van der Waals surface area contributed by atoms with Gasteiger partial charge in [-0.15, -0.1) is 0 Å². The van der Waals surface area contributed by atoms with Crippen molar-refractivity contribution in [3.63, 3.8) is 0 Å². The number of carbonyl (C=O) groups excluding carboxylic acids is 1. The van der Waals surface area contributed by atoms with Crippen molar-refractivity contribution >= 4 is 22.5 Å². The third-order valence-electron chi connectivity index (χ3n) is 6.15. The van der Waals surface area contributed by atoms with Gasteiger partial charge in [0, 0.05) is 68.5 Å². The highest BCUT2D eigenvalue weighted by molar-refractivity contribution is 5.83. The predicted octanol–water partition coefficient (Wildman–Crippen LogP) is 3.00. The molecule has 1 aromatic carbocycles. The largest absolute Gasteiger partial charge is 0.371 e. The van der Waals surface area contributed by atoms with Crippen LogP contribution in [0.2, 0.25) is 0 Å². The summed E-state index contributed by atoms with van der Waals surface area (Å²) >= 11 is 0. The maximum atomic E-state index is 12.9. The molecule has 27 heavy (non-hydrogen) atoms. The van der Waals surface area contributed by atoms with Crippen molar-refractivity contribution in [1.82, 2.24) is 14.8 Å². The van der Waals surface area contributed by atoms with E-state index in [9.17, 15) is 4.79 Å². The van der Waals surface area contributed by atoms with Crippen LogP contribution in [-0.4, -0.2) is 66.0 Å². The van der Waals surface area contributed by atoms with Crippen LogP contribution in [0.4, 0.5) is 5.69 Å². The Morgan fingerprint density at radius 2 is 1.78 bits per heavy atom. The Balaban J connectivity index is 1.33. The van der Waals surface area contributed by atoms with Crippen molar-refractivity contribution in [2.45, 2.75) is 32.7 Å². The first kappa shape index (κ1) is 18.2. The molecule has 2 aromatic rings. The van der Waals surface area contributed by atoms with Gasteiger partial charge in [0.2, 0.25) is 5.91 Å². The van der Waals surface area contributed by atoms with E-state index < -0.39 is 0 Å². The summed E-state index contributed by atoms with van der Waals surface area (Å²) in [5.74, 6) is 0.565. The Morgan fingerprint density at radius 1 is 1.04 bits per heavy atom. The SMILES string of the molecule is CC(C)N1CCN(C(=O)C2CCN(c3ccc4ncccc4c3)CC2)CC1. The number of piperazine rings is 1. The number of hydrogen-bond acceptors (Lipinski definition) is 4. The fraction of sp³-hybridized carbons (Fsp3) is 0.545. The van der Waals surface area contributed by atoms with Crippen molar-refractivity contribution in [2.24, 2.45) is 5.92 Å². The highest BCUT2D eigenvalue weighted by atomic mass is 16.2. The fourth-order valence-corrected chi connectivity index (χ4v) is 4.36. The second-order valence-corrected chi connectivity index (χ2v) is 8.10. The third kappa shape index (κ3) is 3.93.